The summed E-state index contributed by atoms with van der Waals surface area (Å²) < 4.78 is 9.23. The minimum Gasteiger partial charge on any atom is -0.468 e. The molecule has 1 aliphatic heterocycles. The second kappa shape index (κ2) is 4.80. The van der Waals surface area contributed by atoms with Gasteiger partial charge in [-0.2, -0.15) is 0 Å². The van der Waals surface area contributed by atoms with Crippen LogP contribution in [-0.2, 0) is 14.3 Å². The number of hydrogen-bond donors (Lipinski definition) is 1. The van der Waals surface area contributed by atoms with Crippen molar-refractivity contribution in [2.45, 2.75) is 12.5 Å². The molecule has 0 aromatic heterocycles. The largest absolute Gasteiger partial charge is 0.468 e. The normalized spacial score (nSPS) is 18.7. The van der Waals surface area contributed by atoms with Gasteiger partial charge in [-0.05, 0) is 6.42 Å². The van der Waals surface area contributed by atoms with Gasteiger partial charge in [-0.25, -0.2) is 4.79 Å². The Bertz CT molecular complexity index is 231. The Morgan fingerprint density at radius 2 is 2.50 bits per heavy atom. The molecule has 1 heterocycles. The fourth-order valence-electron chi connectivity index (χ4n) is 1.23. The standard InChI is InChI=1S/C8H14N2O4/c1-13-7(11)6(9)5-10-3-2-4-14-8(10)12/h6H,2-5,9H2,1H3. The second-order valence-electron chi connectivity index (χ2n) is 3.04. The van der Waals surface area contributed by atoms with E-state index in [1.165, 1.54) is 12.0 Å². The van der Waals surface area contributed by atoms with E-state index in [1.54, 1.807) is 0 Å². The van der Waals surface area contributed by atoms with E-state index in [1.807, 2.05) is 0 Å². The van der Waals surface area contributed by atoms with Crippen molar-refractivity contribution in [1.82, 2.24) is 4.90 Å². The number of esters is 1. The zero-order chi connectivity index (χ0) is 10.6. The summed E-state index contributed by atoms with van der Waals surface area (Å²) in [5.74, 6) is -0.525. The molecule has 0 aliphatic carbocycles. The van der Waals surface area contributed by atoms with Crippen LogP contribution in [0.15, 0.2) is 0 Å². The molecule has 1 unspecified atom stereocenters. The number of ether oxygens (including phenoxy) is 2. The number of carbonyl (C=O) groups is 2. The highest BCUT2D eigenvalue weighted by Gasteiger charge is 2.24. The average Bonchev–Trinajstić information content (AvgIpc) is 2.20. The Morgan fingerprint density at radius 3 is 3.07 bits per heavy atom. The maximum Gasteiger partial charge on any atom is 0.409 e. The molecule has 0 bridgehead atoms. The molecule has 1 amide bonds. The molecular weight excluding hydrogens is 188 g/mol. The van der Waals surface area contributed by atoms with Crippen molar-refractivity contribution in [3.63, 3.8) is 0 Å². The summed E-state index contributed by atoms with van der Waals surface area (Å²) in [5, 5.41) is 0. The van der Waals surface area contributed by atoms with Crippen LogP contribution in [0.4, 0.5) is 4.79 Å². The van der Waals surface area contributed by atoms with Gasteiger partial charge >= 0.3 is 12.1 Å². The topological polar surface area (TPSA) is 81.9 Å². The molecule has 6 heteroatoms. The molecule has 1 rings (SSSR count). The fraction of sp³-hybridized carbons (Fsp3) is 0.750. The first-order valence-corrected chi connectivity index (χ1v) is 4.40. The van der Waals surface area contributed by atoms with Crippen molar-refractivity contribution in [1.29, 1.82) is 0 Å². The SMILES string of the molecule is COC(=O)C(N)CN1CCCOC1=O. The zero-order valence-electron chi connectivity index (χ0n) is 8.06. The lowest BCUT2D eigenvalue weighted by molar-refractivity contribution is -0.142. The number of nitrogens with two attached hydrogens (primary N) is 1. The molecule has 0 aromatic carbocycles. The van der Waals surface area contributed by atoms with E-state index in [-0.39, 0.29) is 6.54 Å². The lowest BCUT2D eigenvalue weighted by Crippen LogP contribution is -2.48. The summed E-state index contributed by atoms with van der Waals surface area (Å²) in [6.07, 6.45) is 0.343. The third kappa shape index (κ3) is 2.59. The third-order valence-corrected chi connectivity index (χ3v) is 1.98. The van der Waals surface area contributed by atoms with Crippen LogP contribution in [0.1, 0.15) is 6.42 Å². The van der Waals surface area contributed by atoms with Gasteiger partial charge < -0.3 is 20.1 Å². The molecule has 1 atom stereocenters. The van der Waals surface area contributed by atoms with Gasteiger partial charge in [0.15, 0.2) is 0 Å². The van der Waals surface area contributed by atoms with Crippen LogP contribution >= 0.6 is 0 Å². The first kappa shape index (κ1) is 10.8. The Hall–Kier alpha value is -1.30. The van der Waals surface area contributed by atoms with Crippen LogP contribution in [0.5, 0.6) is 0 Å². The number of cyclic esters (lactones) is 1. The van der Waals surface area contributed by atoms with E-state index in [0.29, 0.717) is 13.2 Å². The van der Waals surface area contributed by atoms with Crippen LogP contribution in [-0.4, -0.2) is 49.8 Å². The predicted molar refractivity (Wildman–Crippen MR) is 47.5 cm³/mol. The molecule has 1 fully saturated rings. The van der Waals surface area contributed by atoms with Crippen molar-refractivity contribution >= 4 is 12.1 Å². The van der Waals surface area contributed by atoms with E-state index < -0.39 is 18.1 Å². The summed E-state index contributed by atoms with van der Waals surface area (Å²) in [6.45, 7) is 1.15. The van der Waals surface area contributed by atoms with Crippen molar-refractivity contribution in [2.75, 3.05) is 26.8 Å². The first-order chi connectivity index (χ1) is 6.65. The van der Waals surface area contributed by atoms with E-state index in [2.05, 4.69) is 4.74 Å². The van der Waals surface area contributed by atoms with Crippen LogP contribution in [0, 0.1) is 0 Å². The van der Waals surface area contributed by atoms with Gasteiger partial charge in [-0.3, -0.25) is 4.79 Å². The van der Waals surface area contributed by atoms with Crippen LogP contribution in [0.3, 0.4) is 0 Å². The summed E-state index contributed by atoms with van der Waals surface area (Å²) in [5.41, 5.74) is 5.50. The Morgan fingerprint density at radius 1 is 1.79 bits per heavy atom. The Kier molecular flexibility index (Phi) is 3.70. The van der Waals surface area contributed by atoms with Crippen molar-refractivity contribution in [2.24, 2.45) is 5.73 Å². The minimum atomic E-state index is -0.800. The number of amides is 1. The minimum absolute atomic E-state index is 0.144. The van der Waals surface area contributed by atoms with Gasteiger partial charge in [0.25, 0.3) is 0 Å². The van der Waals surface area contributed by atoms with E-state index >= 15 is 0 Å². The lowest BCUT2D eigenvalue weighted by atomic mass is 10.2. The van der Waals surface area contributed by atoms with Crippen molar-refractivity contribution in [3.8, 4) is 0 Å². The number of hydrogen-bond acceptors (Lipinski definition) is 5. The van der Waals surface area contributed by atoms with Crippen molar-refractivity contribution in [3.05, 3.63) is 0 Å². The number of carbonyl (C=O) groups excluding carboxylic acids is 2. The predicted octanol–water partition coefficient (Wildman–Crippen LogP) is -0.671. The van der Waals surface area contributed by atoms with Gasteiger partial charge in [-0.1, -0.05) is 0 Å². The molecule has 80 valence electrons. The first-order valence-electron chi connectivity index (χ1n) is 4.40. The molecule has 1 aliphatic rings. The summed E-state index contributed by atoms with van der Waals surface area (Å²) in [4.78, 5) is 23.5. The average molecular weight is 202 g/mol. The zero-order valence-corrected chi connectivity index (χ0v) is 8.06. The lowest BCUT2D eigenvalue weighted by Gasteiger charge is -2.27. The van der Waals surface area contributed by atoms with Crippen molar-refractivity contribution < 1.29 is 19.1 Å². The summed E-state index contributed by atoms with van der Waals surface area (Å²) in [7, 11) is 1.26. The van der Waals surface area contributed by atoms with Gasteiger partial charge in [-0.15, -0.1) is 0 Å². The highest BCUT2D eigenvalue weighted by molar-refractivity contribution is 5.77. The number of nitrogens with zero attached hydrogens (tertiary/aromatic N) is 1. The van der Waals surface area contributed by atoms with E-state index in [9.17, 15) is 9.59 Å². The van der Waals surface area contributed by atoms with E-state index in [0.717, 1.165) is 6.42 Å². The van der Waals surface area contributed by atoms with Gasteiger partial charge in [0.2, 0.25) is 0 Å². The maximum absolute atomic E-state index is 11.1. The second-order valence-corrected chi connectivity index (χ2v) is 3.04. The number of rotatable bonds is 3. The highest BCUT2D eigenvalue weighted by atomic mass is 16.6. The van der Waals surface area contributed by atoms with Gasteiger partial charge in [0.05, 0.1) is 13.7 Å². The number of methoxy groups -OCH3 is 1. The summed E-state index contributed by atoms with van der Waals surface area (Å²) >= 11 is 0. The van der Waals surface area contributed by atoms with Gasteiger partial charge in [0, 0.05) is 13.1 Å². The monoisotopic (exact) mass is 202 g/mol. The molecule has 0 aromatic rings. The Balaban J connectivity index is 2.42. The smallest absolute Gasteiger partial charge is 0.409 e. The van der Waals surface area contributed by atoms with Crippen LogP contribution < -0.4 is 5.73 Å². The molecule has 0 radical (unpaired) electrons. The van der Waals surface area contributed by atoms with Crippen LogP contribution in [0.2, 0.25) is 0 Å². The van der Waals surface area contributed by atoms with E-state index in [4.69, 9.17) is 10.5 Å². The molecule has 0 spiro atoms. The quantitative estimate of drug-likeness (QED) is 0.614. The Labute approximate surface area is 81.9 Å². The third-order valence-electron chi connectivity index (χ3n) is 1.98. The molecule has 1 saturated heterocycles. The molecular formula is C8H14N2O4. The molecule has 0 saturated carbocycles. The van der Waals surface area contributed by atoms with Crippen LogP contribution in [0.25, 0.3) is 0 Å². The maximum atomic E-state index is 11.1. The highest BCUT2D eigenvalue weighted by Crippen LogP contribution is 2.04. The van der Waals surface area contributed by atoms with Gasteiger partial charge in [0.1, 0.15) is 6.04 Å². The molecule has 14 heavy (non-hydrogen) atoms. The molecule has 6 nitrogen and oxygen atoms in total. The summed E-state index contributed by atoms with van der Waals surface area (Å²) in [6, 6.07) is -0.800. The molecule has 2 N–H and O–H groups in total. The fourth-order valence-corrected chi connectivity index (χ4v) is 1.23.